The summed E-state index contributed by atoms with van der Waals surface area (Å²) in [5, 5.41) is 10.0. The maximum absolute atomic E-state index is 12.2. The normalized spacial score (nSPS) is 130. The number of carboxylic acids is 1. The molecule has 0 aromatic rings. The van der Waals surface area contributed by atoms with Crippen LogP contribution >= 0.6 is 0 Å². The zero-order valence-electron chi connectivity index (χ0n) is 9.03. The SMILES string of the molecule is CC[C]12[CH]3[CH]4[CH]5[C]1(C(=O)O)[Fe]43521678[CH]2[CH]1[CH]6[CH]7[CH]28. The second-order valence-corrected chi connectivity index (χ2v) is 33.9. The Hall–Kier alpha value is -0.0105. The molecule has 86 valence electrons. The van der Waals surface area contributed by atoms with E-state index in [1.165, 1.54) is 6.42 Å². The van der Waals surface area contributed by atoms with Gasteiger partial charge >= 0.3 is 82.9 Å². The number of fused-ring (bicyclic) bond motifs is 10. The summed E-state index contributed by atoms with van der Waals surface area (Å²) in [6.45, 7) is -1.05. The van der Waals surface area contributed by atoms with E-state index < -0.39 is 6.51 Å². The Labute approximate surface area is 83.1 Å². The van der Waals surface area contributed by atoms with E-state index in [4.69, 9.17) is 0 Å². The van der Waals surface area contributed by atoms with Gasteiger partial charge in [-0.15, -0.1) is 0 Å². The van der Waals surface area contributed by atoms with Gasteiger partial charge in [-0.2, -0.15) is 0 Å². The van der Waals surface area contributed by atoms with E-state index in [2.05, 4.69) is 6.92 Å². The van der Waals surface area contributed by atoms with Gasteiger partial charge in [0.1, 0.15) is 0 Å². The Morgan fingerprint density at radius 2 is 1.69 bits per heavy atom. The van der Waals surface area contributed by atoms with Crippen molar-refractivity contribution in [3.63, 3.8) is 0 Å². The summed E-state index contributed by atoms with van der Waals surface area (Å²) in [4.78, 5) is 21.0. The van der Waals surface area contributed by atoms with Crippen molar-refractivity contribution in [2.24, 2.45) is 0 Å². The summed E-state index contributed by atoms with van der Waals surface area (Å²) in [7, 11) is 0. The monoisotopic (exact) mass is 258 g/mol. The standard InChI is InChI=1S/C8H9O2.C5H5.Fe/c1-2-6-4-3-5-7(6)8(9)10;1-2-4-5-3-1;/h3-5H,2H2,1H3,(H,9,10);1-5H;. The molecule has 10 aliphatic rings. The summed E-state index contributed by atoms with van der Waals surface area (Å²) in [5.74, 6) is -0.268. The second kappa shape index (κ2) is 0.406. The third-order valence-electron chi connectivity index (χ3n) is 16.0. The average Bonchev–Trinajstić information content (AvgIpc) is 3.21. The van der Waals surface area contributed by atoms with Gasteiger partial charge in [0, 0.05) is 0 Å². The fraction of sp³-hybridized carbons (Fsp3) is 0.923. The van der Waals surface area contributed by atoms with E-state index in [-0.39, 0.29) is 10.3 Å². The minimum atomic E-state index is -3.41. The Kier molecular flexibility index (Phi) is 0.146. The van der Waals surface area contributed by atoms with Crippen molar-refractivity contribution in [2.45, 2.75) is 60.5 Å². The molecule has 1 spiro atoms. The number of aliphatic carboxylic acids is 1. The van der Waals surface area contributed by atoms with Crippen molar-refractivity contribution in [2.75, 3.05) is 0 Å². The fourth-order valence-corrected chi connectivity index (χ4v) is 95.8. The van der Waals surface area contributed by atoms with E-state index in [1.807, 2.05) is 0 Å². The molecule has 5 atom stereocenters. The van der Waals surface area contributed by atoms with Crippen LogP contribution in [-0.4, -0.2) is 11.1 Å². The molecule has 10 heterocycles. The molecule has 5 unspecified atom stereocenters. The van der Waals surface area contributed by atoms with Crippen LogP contribution in [0.5, 0.6) is 0 Å². The van der Waals surface area contributed by atoms with Gasteiger partial charge in [-0.25, -0.2) is 0 Å². The van der Waals surface area contributed by atoms with Gasteiger partial charge in [0.05, 0.1) is 0 Å². The van der Waals surface area contributed by atoms with Crippen LogP contribution in [0.15, 0.2) is 0 Å². The first-order chi connectivity index (χ1) is 7.44. The topological polar surface area (TPSA) is 37.3 Å². The molecule has 0 amide bonds. The molecule has 10 saturated heterocycles. The van der Waals surface area contributed by atoms with Crippen LogP contribution in [0, 0.1) is 0 Å². The molecule has 1 N–H and O–H groups in total. The van der Waals surface area contributed by atoms with Gasteiger partial charge < -0.3 is 0 Å². The number of rotatable bonds is 2. The van der Waals surface area contributed by atoms with Crippen LogP contribution in [0.25, 0.3) is 0 Å². The number of carboxylic acid groups (broad SMARTS) is 1. The molecule has 10 fully saturated rings. The van der Waals surface area contributed by atoms with Crippen molar-refractivity contribution in [3.8, 4) is 0 Å². The molecule has 0 aromatic heterocycles. The number of carbonyl (C=O) groups is 1. The van der Waals surface area contributed by atoms with E-state index in [9.17, 15) is 9.90 Å². The third kappa shape index (κ3) is 0.0424. The summed E-state index contributed by atoms with van der Waals surface area (Å²) in [5.41, 5.74) is 0. The molecule has 0 saturated carbocycles. The van der Waals surface area contributed by atoms with E-state index in [0.717, 1.165) is 38.5 Å². The summed E-state index contributed by atoms with van der Waals surface area (Å²) < 4.78 is 0.610. The molecule has 10 rings (SSSR count). The van der Waals surface area contributed by atoms with Crippen molar-refractivity contribution in [1.29, 1.82) is 0 Å². The van der Waals surface area contributed by atoms with Crippen molar-refractivity contribution < 1.29 is 16.4 Å². The molecule has 0 aromatic carbocycles. The molecule has 10 aliphatic heterocycles. The number of hydrogen-bond acceptors (Lipinski definition) is 1. The minimum absolute atomic E-state index is 0.0564. The van der Waals surface area contributed by atoms with Gasteiger partial charge in [0.2, 0.25) is 0 Å². The average molecular weight is 258 g/mol. The molecular weight excluding hydrogens is 244 g/mol. The summed E-state index contributed by atoms with van der Waals surface area (Å²) in [6.07, 6.45) is 1.28. The first-order valence-electron chi connectivity index (χ1n) is 6.89. The van der Waals surface area contributed by atoms with Gasteiger partial charge in [-0.3, -0.25) is 0 Å². The van der Waals surface area contributed by atoms with Crippen molar-refractivity contribution in [1.82, 2.24) is 0 Å². The molecule has 2 nitrogen and oxygen atoms in total. The van der Waals surface area contributed by atoms with E-state index in [1.54, 1.807) is 0 Å². The zero-order valence-corrected chi connectivity index (χ0v) is 10.1. The fourth-order valence-electron chi connectivity index (χ4n) is 18.7. The maximum atomic E-state index is 12.2. The predicted octanol–water partition coefficient (Wildman–Crippen LogP) is 3.61. The van der Waals surface area contributed by atoms with Crippen LogP contribution in [0.1, 0.15) is 13.3 Å². The Bertz CT molecular complexity index is 981. The molecule has 0 radical (unpaired) electrons. The van der Waals surface area contributed by atoms with Crippen molar-refractivity contribution >= 4 is 5.97 Å². The predicted molar refractivity (Wildman–Crippen MR) is 53.3 cm³/mol. The van der Waals surface area contributed by atoms with E-state index in [0.29, 0.717) is 4.31 Å². The second-order valence-electron chi connectivity index (χ2n) is 10.6. The molecule has 3 heteroatoms. The third-order valence-corrected chi connectivity index (χ3v) is 59.5. The molecular formula is C13H14FeO2. The van der Waals surface area contributed by atoms with Gasteiger partial charge in [0.15, 0.2) is 0 Å². The van der Waals surface area contributed by atoms with Crippen LogP contribution in [0.2, 0.25) is 47.2 Å². The van der Waals surface area contributed by atoms with Gasteiger partial charge in [0.25, 0.3) is 0 Å². The van der Waals surface area contributed by atoms with Gasteiger partial charge in [-0.05, 0) is 0 Å². The quantitative estimate of drug-likeness (QED) is 0.768. The van der Waals surface area contributed by atoms with Crippen LogP contribution in [-0.2, 0) is 11.3 Å². The first-order valence-corrected chi connectivity index (χ1v) is 13.1. The van der Waals surface area contributed by atoms with Crippen LogP contribution in [0.3, 0.4) is 0 Å². The molecule has 0 aliphatic carbocycles. The zero-order chi connectivity index (χ0) is 10.2. The Morgan fingerprint density at radius 1 is 1.12 bits per heavy atom. The molecule has 16 heavy (non-hydrogen) atoms. The summed E-state index contributed by atoms with van der Waals surface area (Å²) in [6, 6.07) is 0. The Morgan fingerprint density at radius 3 is 1.88 bits per heavy atom. The molecule has 0 bridgehead atoms. The number of hydrogen-bond donors (Lipinski definition) is 1. The Balaban J connectivity index is 1.85. The van der Waals surface area contributed by atoms with E-state index >= 15 is 0 Å². The van der Waals surface area contributed by atoms with Gasteiger partial charge in [-0.1, -0.05) is 0 Å². The first kappa shape index (κ1) is 5.75. The summed E-state index contributed by atoms with van der Waals surface area (Å²) >= 11 is 0. The van der Waals surface area contributed by atoms with Crippen LogP contribution in [0.4, 0.5) is 0 Å². The van der Waals surface area contributed by atoms with Crippen LogP contribution < -0.4 is 0 Å². The van der Waals surface area contributed by atoms with Crippen molar-refractivity contribution in [3.05, 3.63) is 0 Å².